The standard InChI is InChI=1S/C14H26N4O4/c1-3-14(4-2,11(19)20)9-16-13(22)18-7-5-10(6-8-18)17-12(15)21/h10H,3-9H2,1-2H3,(H,16,22)(H,19,20)(H3,15,17,21). The van der Waals surface area contributed by atoms with Crippen LogP contribution in [0.4, 0.5) is 9.59 Å². The topological polar surface area (TPSA) is 125 Å². The van der Waals surface area contributed by atoms with Crippen molar-refractivity contribution in [3.63, 3.8) is 0 Å². The lowest BCUT2D eigenvalue weighted by Gasteiger charge is -2.33. The van der Waals surface area contributed by atoms with Crippen LogP contribution < -0.4 is 16.4 Å². The van der Waals surface area contributed by atoms with Gasteiger partial charge in [-0.25, -0.2) is 9.59 Å². The van der Waals surface area contributed by atoms with Crippen LogP contribution in [0.5, 0.6) is 0 Å². The number of carboxylic acid groups (broad SMARTS) is 1. The monoisotopic (exact) mass is 314 g/mol. The largest absolute Gasteiger partial charge is 0.481 e. The lowest BCUT2D eigenvalue weighted by atomic mass is 9.82. The summed E-state index contributed by atoms with van der Waals surface area (Å²) in [5.41, 5.74) is 4.16. The normalized spacial score (nSPS) is 16.2. The second kappa shape index (κ2) is 7.86. The number of nitrogens with two attached hydrogens (primary N) is 1. The molecule has 22 heavy (non-hydrogen) atoms. The second-order valence-electron chi connectivity index (χ2n) is 5.72. The molecule has 1 fully saturated rings. The number of carbonyl (C=O) groups is 3. The molecule has 8 heteroatoms. The number of amides is 4. The summed E-state index contributed by atoms with van der Waals surface area (Å²) in [7, 11) is 0. The van der Waals surface area contributed by atoms with Gasteiger partial charge in [0, 0.05) is 25.7 Å². The van der Waals surface area contributed by atoms with E-state index in [0.717, 1.165) is 0 Å². The summed E-state index contributed by atoms with van der Waals surface area (Å²) < 4.78 is 0. The van der Waals surface area contributed by atoms with Crippen molar-refractivity contribution in [3.8, 4) is 0 Å². The third-order valence-corrected chi connectivity index (χ3v) is 4.51. The van der Waals surface area contributed by atoms with Crippen molar-refractivity contribution in [1.82, 2.24) is 15.5 Å². The van der Waals surface area contributed by atoms with E-state index in [1.807, 2.05) is 13.8 Å². The number of primary amides is 1. The summed E-state index contributed by atoms with van der Waals surface area (Å²) in [6, 6.07) is -0.823. The Morgan fingerprint density at radius 2 is 1.77 bits per heavy atom. The zero-order chi connectivity index (χ0) is 16.8. The average molecular weight is 314 g/mol. The number of piperidine rings is 1. The number of hydrogen-bond acceptors (Lipinski definition) is 3. The van der Waals surface area contributed by atoms with Crippen LogP contribution in [0, 0.1) is 5.41 Å². The fraction of sp³-hybridized carbons (Fsp3) is 0.786. The van der Waals surface area contributed by atoms with E-state index in [1.165, 1.54) is 0 Å². The predicted molar refractivity (Wildman–Crippen MR) is 81.4 cm³/mol. The molecule has 0 aromatic heterocycles. The summed E-state index contributed by atoms with van der Waals surface area (Å²) in [4.78, 5) is 36.0. The van der Waals surface area contributed by atoms with Gasteiger partial charge in [0.2, 0.25) is 0 Å². The number of hydrogen-bond donors (Lipinski definition) is 4. The lowest BCUT2D eigenvalue weighted by molar-refractivity contribution is -0.149. The number of carboxylic acids is 1. The van der Waals surface area contributed by atoms with Crippen LogP contribution in [0.3, 0.4) is 0 Å². The molecular weight excluding hydrogens is 288 g/mol. The first kappa shape index (κ1) is 18.1. The van der Waals surface area contributed by atoms with Crippen molar-refractivity contribution in [3.05, 3.63) is 0 Å². The van der Waals surface area contributed by atoms with E-state index in [1.54, 1.807) is 4.90 Å². The fourth-order valence-electron chi connectivity index (χ4n) is 2.66. The van der Waals surface area contributed by atoms with E-state index in [9.17, 15) is 19.5 Å². The molecule has 0 aliphatic carbocycles. The zero-order valence-electron chi connectivity index (χ0n) is 13.2. The van der Waals surface area contributed by atoms with Gasteiger partial charge in [0.05, 0.1) is 5.41 Å². The zero-order valence-corrected chi connectivity index (χ0v) is 13.2. The summed E-state index contributed by atoms with van der Waals surface area (Å²) in [6.07, 6.45) is 2.21. The highest BCUT2D eigenvalue weighted by Crippen LogP contribution is 2.25. The Bertz CT molecular complexity index is 415. The van der Waals surface area contributed by atoms with Crippen molar-refractivity contribution < 1.29 is 19.5 Å². The molecule has 0 aromatic carbocycles. The number of nitrogens with zero attached hydrogens (tertiary/aromatic N) is 1. The Hall–Kier alpha value is -1.99. The van der Waals surface area contributed by atoms with E-state index in [4.69, 9.17) is 5.73 Å². The van der Waals surface area contributed by atoms with E-state index in [2.05, 4.69) is 10.6 Å². The Morgan fingerprint density at radius 3 is 2.18 bits per heavy atom. The van der Waals surface area contributed by atoms with Gasteiger partial charge in [-0.15, -0.1) is 0 Å². The summed E-state index contributed by atoms with van der Waals surface area (Å²) >= 11 is 0. The minimum atomic E-state index is -0.915. The van der Waals surface area contributed by atoms with E-state index in [0.29, 0.717) is 38.8 Å². The summed E-state index contributed by atoms with van der Waals surface area (Å²) in [5.74, 6) is -0.887. The Balaban J connectivity index is 2.47. The molecule has 4 amide bonds. The molecule has 1 saturated heterocycles. The van der Waals surface area contributed by atoms with Crippen LogP contribution in [0.25, 0.3) is 0 Å². The molecule has 8 nitrogen and oxygen atoms in total. The van der Waals surface area contributed by atoms with Crippen LogP contribution in [0.15, 0.2) is 0 Å². The van der Waals surface area contributed by atoms with Gasteiger partial charge < -0.3 is 26.4 Å². The number of carbonyl (C=O) groups excluding carboxylic acids is 2. The molecule has 1 aliphatic rings. The van der Waals surface area contributed by atoms with Gasteiger partial charge in [-0.3, -0.25) is 4.79 Å². The van der Waals surface area contributed by atoms with E-state index in [-0.39, 0.29) is 18.6 Å². The molecule has 1 heterocycles. The first-order valence-electron chi connectivity index (χ1n) is 7.66. The molecule has 1 aliphatic heterocycles. The summed E-state index contributed by atoms with van der Waals surface area (Å²) in [5, 5.41) is 14.7. The third-order valence-electron chi connectivity index (χ3n) is 4.51. The van der Waals surface area contributed by atoms with Crippen LogP contribution in [-0.2, 0) is 4.79 Å². The molecule has 0 unspecified atom stereocenters. The predicted octanol–water partition coefficient (Wildman–Crippen LogP) is 0.720. The molecule has 0 atom stereocenters. The third kappa shape index (κ3) is 4.51. The fourth-order valence-corrected chi connectivity index (χ4v) is 2.66. The first-order chi connectivity index (χ1) is 10.3. The number of likely N-dealkylation sites (tertiary alicyclic amines) is 1. The number of rotatable bonds is 6. The number of urea groups is 2. The second-order valence-corrected chi connectivity index (χ2v) is 5.72. The average Bonchev–Trinajstić information content (AvgIpc) is 2.48. The lowest BCUT2D eigenvalue weighted by Crippen LogP contribution is -2.52. The maximum absolute atomic E-state index is 12.1. The van der Waals surface area contributed by atoms with E-state index < -0.39 is 17.4 Å². The number of aliphatic carboxylic acids is 1. The van der Waals surface area contributed by atoms with Gasteiger partial charge in [-0.1, -0.05) is 13.8 Å². The van der Waals surface area contributed by atoms with Gasteiger partial charge in [0.15, 0.2) is 0 Å². The first-order valence-corrected chi connectivity index (χ1v) is 7.66. The van der Waals surface area contributed by atoms with Crippen molar-refractivity contribution >= 4 is 18.0 Å². The van der Waals surface area contributed by atoms with Gasteiger partial charge in [-0.05, 0) is 25.7 Å². The molecular formula is C14H26N4O4. The van der Waals surface area contributed by atoms with Gasteiger partial charge in [0.25, 0.3) is 0 Å². The van der Waals surface area contributed by atoms with Crippen molar-refractivity contribution in [2.45, 2.75) is 45.6 Å². The Morgan fingerprint density at radius 1 is 1.23 bits per heavy atom. The van der Waals surface area contributed by atoms with Gasteiger partial charge >= 0.3 is 18.0 Å². The maximum Gasteiger partial charge on any atom is 0.317 e. The minimum absolute atomic E-state index is 0.00839. The van der Waals surface area contributed by atoms with E-state index >= 15 is 0 Å². The Labute approximate surface area is 130 Å². The molecule has 5 N–H and O–H groups in total. The highest BCUT2D eigenvalue weighted by Gasteiger charge is 2.35. The molecule has 0 aromatic rings. The van der Waals surface area contributed by atoms with Crippen LogP contribution in [0.2, 0.25) is 0 Å². The van der Waals surface area contributed by atoms with Crippen LogP contribution >= 0.6 is 0 Å². The molecule has 1 rings (SSSR count). The molecule has 0 radical (unpaired) electrons. The summed E-state index contributed by atoms with van der Waals surface area (Å²) in [6.45, 7) is 4.76. The smallest absolute Gasteiger partial charge is 0.317 e. The molecule has 126 valence electrons. The quantitative estimate of drug-likeness (QED) is 0.576. The SMILES string of the molecule is CCC(CC)(CNC(=O)N1CCC(NC(N)=O)CC1)C(=O)O. The highest BCUT2D eigenvalue weighted by molar-refractivity contribution is 5.78. The van der Waals surface area contributed by atoms with Crippen molar-refractivity contribution in [2.24, 2.45) is 11.1 Å². The molecule has 0 saturated carbocycles. The van der Waals surface area contributed by atoms with Crippen molar-refractivity contribution in [2.75, 3.05) is 19.6 Å². The van der Waals surface area contributed by atoms with Crippen LogP contribution in [0.1, 0.15) is 39.5 Å². The minimum Gasteiger partial charge on any atom is -0.481 e. The molecule has 0 spiro atoms. The highest BCUT2D eigenvalue weighted by atomic mass is 16.4. The van der Waals surface area contributed by atoms with Gasteiger partial charge in [-0.2, -0.15) is 0 Å². The van der Waals surface area contributed by atoms with Crippen LogP contribution in [-0.4, -0.2) is 53.7 Å². The Kier molecular flexibility index (Phi) is 6.45. The van der Waals surface area contributed by atoms with Gasteiger partial charge in [0.1, 0.15) is 0 Å². The number of nitrogens with one attached hydrogen (secondary N) is 2. The molecule has 0 bridgehead atoms. The maximum atomic E-state index is 12.1. The van der Waals surface area contributed by atoms with Crippen molar-refractivity contribution in [1.29, 1.82) is 0 Å².